The van der Waals surface area contributed by atoms with E-state index in [0.717, 1.165) is 32.1 Å². The lowest BCUT2D eigenvalue weighted by atomic mass is 9.97. The fraction of sp³-hybridized carbons (Fsp3) is 1.00. The maximum atomic E-state index is 5.62. The molecule has 0 spiro atoms. The Morgan fingerprint density at radius 2 is 2.19 bits per heavy atom. The van der Waals surface area contributed by atoms with Gasteiger partial charge < -0.3 is 14.8 Å². The average Bonchev–Trinajstić information content (AvgIpc) is 2.98. The Kier molecular flexibility index (Phi) is 4.22. The van der Waals surface area contributed by atoms with Crippen molar-refractivity contribution in [2.45, 2.75) is 50.7 Å². The van der Waals surface area contributed by atoms with Crippen molar-refractivity contribution in [1.29, 1.82) is 0 Å². The van der Waals surface area contributed by atoms with Crippen molar-refractivity contribution in [2.24, 2.45) is 5.92 Å². The van der Waals surface area contributed by atoms with Crippen LogP contribution < -0.4 is 5.32 Å². The molecule has 2 fully saturated rings. The van der Waals surface area contributed by atoms with Crippen LogP contribution >= 0.6 is 0 Å². The number of nitrogens with one attached hydrogen (secondary N) is 1. The highest BCUT2D eigenvalue weighted by Crippen LogP contribution is 2.28. The molecule has 0 bridgehead atoms. The second-order valence-electron chi connectivity index (χ2n) is 5.40. The minimum absolute atomic E-state index is 0.0626. The monoisotopic (exact) mass is 227 g/mol. The smallest absolute Gasteiger partial charge is 0.106 e. The summed E-state index contributed by atoms with van der Waals surface area (Å²) in [6.45, 7) is 4.83. The highest BCUT2D eigenvalue weighted by Gasteiger charge is 2.35. The Labute approximate surface area is 98.9 Å². The van der Waals surface area contributed by atoms with Crippen LogP contribution in [0.3, 0.4) is 0 Å². The van der Waals surface area contributed by atoms with Gasteiger partial charge in [-0.3, -0.25) is 0 Å². The van der Waals surface area contributed by atoms with Gasteiger partial charge in [0.1, 0.15) is 5.60 Å². The van der Waals surface area contributed by atoms with Gasteiger partial charge in [-0.1, -0.05) is 12.8 Å². The van der Waals surface area contributed by atoms with Crippen molar-refractivity contribution < 1.29 is 9.47 Å². The van der Waals surface area contributed by atoms with Gasteiger partial charge in [-0.25, -0.2) is 0 Å². The standard InChI is InChI=1S/C13H25NO2/c1-11(12-5-3-4-6-12)14-9-13(15-2)7-8-16-10-13/h11-12,14H,3-10H2,1-2H3. The summed E-state index contributed by atoms with van der Waals surface area (Å²) in [5.41, 5.74) is -0.0626. The van der Waals surface area contributed by atoms with E-state index in [1.54, 1.807) is 7.11 Å². The van der Waals surface area contributed by atoms with Crippen molar-refractivity contribution >= 4 is 0 Å². The van der Waals surface area contributed by atoms with Crippen LogP contribution in [0.25, 0.3) is 0 Å². The summed E-state index contributed by atoms with van der Waals surface area (Å²) in [5.74, 6) is 0.872. The second-order valence-corrected chi connectivity index (χ2v) is 5.40. The largest absolute Gasteiger partial charge is 0.378 e. The molecule has 1 heterocycles. The zero-order chi connectivity index (χ0) is 11.4. The molecule has 0 amide bonds. The first-order valence-corrected chi connectivity index (χ1v) is 6.62. The first kappa shape index (κ1) is 12.3. The van der Waals surface area contributed by atoms with E-state index in [1.165, 1.54) is 25.7 Å². The van der Waals surface area contributed by atoms with E-state index in [9.17, 15) is 0 Å². The Hall–Kier alpha value is -0.120. The van der Waals surface area contributed by atoms with E-state index in [1.807, 2.05) is 0 Å². The molecule has 1 saturated heterocycles. The molecule has 1 saturated carbocycles. The molecule has 3 heteroatoms. The molecule has 2 unspecified atom stereocenters. The third-order valence-corrected chi connectivity index (χ3v) is 4.35. The topological polar surface area (TPSA) is 30.5 Å². The van der Waals surface area contributed by atoms with E-state index in [4.69, 9.17) is 9.47 Å². The van der Waals surface area contributed by atoms with Crippen LogP contribution in [0.1, 0.15) is 39.0 Å². The van der Waals surface area contributed by atoms with Crippen molar-refractivity contribution in [2.75, 3.05) is 26.9 Å². The van der Waals surface area contributed by atoms with Crippen LogP contribution in [0, 0.1) is 5.92 Å². The highest BCUT2D eigenvalue weighted by atomic mass is 16.5. The summed E-state index contributed by atoms with van der Waals surface area (Å²) in [5, 5.41) is 3.65. The van der Waals surface area contributed by atoms with Gasteiger partial charge in [0.15, 0.2) is 0 Å². The zero-order valence-electron chi connectivity index (χ0n) is 10.6. The van der Waals surface area contributed by atoms with E-state index in [-0.39, 0.29) is 5.60 Å². The molecule has 0 aromatic heterocycles. The van der Waals surface area contributed by atoms with E-state index in [0.29, 0.717) is 6.04 Å². The van der Waals surface area contributed by atoms with Gasteiger partial charge >= 0.3 is 0 Å². The van der Waals surface area contributed by atoms with Gasteiger partial charge in [0.05, 0.1) is 6.61 Å². The number of ether oxygens (including phenoxy) is 2. The van der Waals surface area contributed by atoms with Gasteiger partial charge in [-0.05, 0) is 25.7 Å². The zero-order valence-corrected chi connectivity index (χ0v) is 10.6. The van der Waals surface area contributed by atoms with Crippen molar-refractivity contribution in [3.63, 3.8) is 0 Å². The number of hydrogen-bond acceptors (Lipinski definition) is 3. The molecule has 2 aliphatic rings. The van der Waals surface area contributed by atoms with Crippen molar-refractivity contribution in [3.05, 3.63) is 0 Å². The SMILES string of the molecule is COC1(CNC(C)C2CCCC2)CCOC1. The minimum Gasteiger partial charge on any atom is -0.378 e. The molecule has 0 aromatic rings. The molecule has 0 radical (unpaired) electrons. The Morgan fingerprint density at radius 1 is 1.44 bits per heavy atom. The predicted octanol–water partition coefficient (Wildman–Crippen LogP) is 1.96. The van der Waals surface area contributed by atoms with Gasteiger partial charge in [-0.15, -0.1) is 0 Å². The minimum atomic E-state index is -0.0626. The van der Waals surface area contributed by atoms with Crippen LogP contribution in [0.15, 0.2) is 0 Å². The molecule has 3 nitrogen and oxygen atoms in total. The third-order valence-electron chi connectivity index (χ3n) is 4.35. The summed E-state index contributed by atoms with van der Waals surface area (Å²) in [7, 11) is 1.80. The van der Waals surface area contributed by atoms with Crippen molar-refractivity contribution in [1.82, 2.24) is 5.32 Å². The lowest BCUT2D eigenvalue weighted by Gasteiger charge is -2.29. The van der Waals surface area contributed by atoms with Gasteiger partial charge in [-0.2, -0.15) is 0 Å². The Bertz CT molecular complexity index is 208. The summed E-state index contributed by atoms with van der Waals surface area (Å²) in [4.78, 5) is 0. The molecular weight excluding hydrogens is 202 g/mol. The van der Waals surface area contributed by atoms with E-state index < -0.39 is 0 Å². The summed E-state index contributed by atoms with van der Waals surface area (Å²) in [6, 6.07) is 0.620. The molecule has 2 rings (SSSR count). The second kappa shape index (κ2) is 5.48. The summed E-state index contributed by atoms with van der Waals surface area (Å²) < 4.78 is 11.1. The number of hydrogen-bond donors (Lipinski definition) is 1. The van der Waals surface area contributed by atoms with Crippen LogP contribution in [-0.2, 0) is 9.47 Å². The molecular formula is C13H25NO2. The number of methoxy groups -OCH3 is 1. The van der Waals surface area contributed by atoms with E-state index in [2.05, 4.69) is 12.2 Å². The summed E-state index contributed by atoms with van der Waals surface area (Å²) in [6.07, 6.45) is 6.63. The lowest BCUT2D eigenvalue weighted by molar-refractivity contribution is -0.0182. The quantitative estimate of drug-likeness (QED) is 0.779. The molecule has 1 N–H and O–H groups in total. The van der Waals surface area contributed by atoms with Gasteiger partial charge in [0.25, 0.3) is 0 Å². The number of rotatable bonds is 5. The first-order chi connectivity index (χ1) is 7.76. The molecule has 1 aliphatic heterocycles. The molecule has 2 atom stereocenters. The Balaban J connectivity index is 1.76. The molecule has 16 heavy (non-hydrogen) atoms. The van der Waals surface area contributed by atoms with Gasteiger partial charge in [0.2, 0.25) is 0 Å². The van der Waals surface area contributed by atoms with Crippen LogP contribution in [0.2, 0.25) is 0 Å². The highest BCUT2D eigenvalue weighted by molar-refractivity contribution is 4.89. The molecule has 0 aromatic carbocycles. The molecule has 1 aliphatic carbocycles. The maximum absolute atomic E-state index is 5.62. The molecule has 94 valence electrons. The Morgan fingerprint density at radius 3 is 2.75 bits per heavy atom. The van der Waals surface area contributed by atoms with Crippen LogP contribution in [0.4, 0.5) is 0 Å². The van der Waals surface area contributed by atoms with Crippen molar-refractivity contribution in [3.8, 4) is 0 Å². The summed E-state index contributed by atoms with van der Waals surface area (Å²) >= 11 is 0. The first-order valence-electron chi connectivity index (χ1n) is 6.62. The lowest BCUT2D eigenvalue weighted by Crippen LogP contribution is -2.47. The van der Waals surface area contributed by atoms with Crippen LogP contribution in [0.5, 0.6) is 0 Å². The maximum Gasteiger partial charge on any atom is 0.106 e. The van der Waals surface area contributed by atoms with Crippen LogP contribution in [-0.4, -0.2) is 38.5 Å². The normalized spacial score (nSPS) is 33.4. The fourth-order valence-electron chi connectivity index (χ4n) is 2.93. The fourth-order valence-corrected chi connectivity index (χ4v) is 2.93. The third kappa shape index (κ3) is 2.76. The van der Waals surface area contributed by atoms with Gasteiger partial charge in [0, 0.05) is 32.7 Å². The van der Waals surface area contributed by atoms with E-state index >= 15 is 0 Å². The predicted molar refractivity (Wildman–Crippen MR) is 64.6 cm³/mol. The average molecular weight is 227 g/mol.